The highest BCUT2D eigenvalue weighted by atomic mass is 16.6. The van der Waals surface area contributed by atoms with Crippen LogP contribution in [0.15, 0.2) is 0 Å². The minimum absolute atomic E-state index is 0.281. The van der Waals surface area contributed by atoms with Gasteiger partial charge in [-0.2, -0.15) is 0 Å². The molecule has 0 saturated heterocycles. The Labute approximate surface area is 41.9 Å². The lowest BCUT2D eigenvalue weighted by atomic mass is 10.6. The quantitative estimate of drug-likeness (QED) is 0.341. The summed E-state index contributed by atoms with van der Waals surface area (Å²) in [7, 11) is 4.40. The Kier molecular flexibility index (Phi) is 3.35. The van der Waals surface area contributed by atoms with Gasteiger partial charge in [0, 0.05) is 0 Å². The highest BCUT2D eigenvalue weighted by Gasteiger charge is 1.89. The van der Waals surface area contributed by atoms with E-state index in [1.54, 1.807) is 0 Å². The van der Waals surface area contributed by atoms with Crippen LogP contribution in [0, 0.1) is 0 Å². The second kappa shape index (κ2) is 3.64. The van der Waals surface area contributed by atoms with Gasteiger partial charge in [-0.15, -0.1) is 0 Å². The third kappa shape index (κ3) is 5.45. The van der Waals surface area contributed by atoms with Crippen LogP contribution >= 0.6 is 0 Å². The van der Waals surface area contributed by atoms with Gasteiger partial charge < -0.3 is 9.86 Å². The minimum atomic E-state index is -1.01. The van der Waals surface area contributed by atoms with Crippen LogP contribution in [0.3, 0.4) is 0 Å². The molecule has 7 heavy (non-hydrogen) atoms. The summed E-state index contributed by atoms with van der Waals surface area (Å²) in [5, 5.41) is 7.85. The van der Waals surface area contributed by atoms with Crippen LogP contribution in [0.2, 0.25) is 0 Å². The zero-order chi connectivity index (χ0) is 5.70. The van der Waals surface area contributed by atoms with E-state index in [0.717, 1.165) is 0 Å². The molecule has 0 unspecified atom stereocenters. The molecule has 0 aromatic heterocycles. The second-order valence-electron chi connectivity index (χ2n) is 0.833. The van der Waals surface area contributed by atoms with Crippen molar-refractivity contribution in [1.82, 2.24) is 5.48 Å². The summed E-state index contributed by atoms with van der Waals surface area (Å²) >= 11 is 0. The molecule has 0 aromatic carbocycles. The van der Waals surface area contributed by atoms with Crippen molar-refractivity contribution in [2.24, 2.45) is 0 Å². The summed E-state index contributed by atoms with van der Waals surface area (Å²) in [5.74, 6) is -1.01. The Morgan fingerprint density at radius 3 is 2.71 bits per heavy atom. The molecule has 4 nitrogen and oxygen atoms in total. The zero-order valence-corrected chi connectivity index (χ0v) is 3.55. The first-order valence-electron chi connectivity index (χ1n) is 1.57. The molecule has 38 valence electrons. The SMILES string of the molecule is [B]ONCC(=O)O. The molecule has 0 aliphatic carbocycles. The Balaban J connectivity index is 2.82. The molecule has 0 fully saturated rings. The van der Waals surface area contributed by atoms with Crippen LogP contribution in [0.4, 0.5) is 0 Å². The number of nitrogens with one attached hydrogen (secondary N) is 1. The first kappa shape index (κ1) is 6.45. The Hall–Kier alpha value is -0.545. The maximum atomic E-state index is 9.56. The molecular weight excluding hydrogens is 96.8 g/mol. The van der Waals surface area contributed by atoms with Crippen LogP contribution in [0.5, 0.6) is 0 Å². The van der Waals surface area contributed by atoms with Crippen molar-refractivity contribution in [2.45, 2.75) is 0 Å². The number of carboxylic acids is 1. The van der Waals surface area contributed by atoms with E-state index in [1.807, 2.05) is 5.48 Å². The molecule has 5 heteroatoms. The number of carboxylic acid groups (broad SMARTS) is 1. The van der Waals surface area contributed by atoms with Crippen molar-refractivity contribution in [2.75, 3.05) is 6.54 Å². The third-order valence-corrected chi connectivity index (χ3v) is 0.307. The smallest absolute Gasteiger partial charge is 0.319 e. The number of hydrogen-bond donors (Lipinski definition) is 2. The molecule has 0 aromatic rings. The van der Waals surface area contributed by atoms with E-state index in [2.05, 4.69) is 12.8 Å². The molecular formula is C2H4BNO3. The van der Waals surface area contributed by atoms with Crippen LogP contribution in [0.1, 0.15) is 0 Å². The van der Waals surface area contributed by atoms with Gasteiger partial charge in [-0.1, -0.05) is 0 Å². The van der Waals surface area contributed by atoms with Gasteiger partial charge in [0.1, 0.15) is 6.54 Å². The fourth-order valence-corrected chi connectivity index (χ4v) is 0.103. The van der Waals surface area contributed by atoms with Crippen LogP contribution < -0.4 is 5.48 Å². The van der Waals surface area contributed by atoms with E-state index in [-0.39, 0.29) is 6.54 Å². The maximum Gasteiger partial charge on any atom is 0.319 e. The predicted molar refractivity (Wildman–Crippen MR) is 22.5 cm³/mol. The van der Waals surface area contributed by atoms with E-state index < -0.39 is 5.97 Å². The molecule has 0 aliphatic rings. The van der Waals surface area contributed by atoms with Crippen LogP contribution in [-0.4, -0.2) is 25.7 Å². The van der Waals surface area contributed by atoms with Crippen LogP contribution in [0.25, 0.3) is 0 Å². The first-order chi connectivity index (χ1) is 3.27. The molecule has 0 spiro atoms. The molecule has 2 N–H and O–H groups in total. The van der Waals surface area contributed by atoms with E-state index in [4.69, 9.17) is 5.11 Å². The summed E-state index contributed by atoms with van der Waals surface area (Å²) in [5.41, 5.74) is 1.93. The number of hydrogen-bond acceptors (Lipinski definition) is 3. The standard InChI is InChI=1S/C2H4BNO3/c3-7-4-1-2(5)6/h4H,1H2,(H,5,6). The number of rotatable bonds is 3. The number of carbonyl (C=O) groups is 1. The van der Waals surface area contributed by atoms with E-state index in [9.17, 15) is 4.79 Å². The summed E-state index contributed by atoms with van der Waals surface area (Å²) in [6.45, 7) is -0.281. The van der Waals surface area contributed by atoms with Crippen molar-refractivity contribution >= 4 is 14.0 Å². The van der Waals surface area contributed by atoms with Crippen molar-refractivity contribution in [3.05, 3.63) is 0 Å². The van der Waals surface area contributed by atoms with Crippen molar-refractivity contribution in [3.8, 4) is 0 Å². The maximum absolute atomic E-state index is 9.56. The molecule has 0 heterocycles. The van der Waals surface area contributed by atoms with Gasteiger partial charge in [0.05, 0.1) is 0 Å². The zero-order valence-electron chi connectivity index (χ0n) is 3.55. The summed E-state index contributed by atoms with van der Waals surface area (Å²) in [6, 6.07) is 0. The van der Waals surface area contributed by atoms with Gasteiger partial charge in [-0.05, 0) is 0 Å². The monoisotopic (exact) mass is 101 g/mol. The van der Waals surface area contributed by atoms with E-state index >= 15 is 0 Å². The molecule has 0 bridgehead atoms. The van der Waals surface area contributed by atoms with Crippen molar-refractivity contribution in [3.63, 3.8) is 0 Å². The first-order valence-corrected chi connectivity index (χ1v) is 1.57. The topological polar surface area (TPSA) is 58.6 Å². The molecule has 0 aliphatic heterocycles. The van der Waals surface area contributed by atoms with Gasteiger partial charge in [-0.25, -0.2) is 5.48 Å². The largest absolute Gasteiger partial charge is 0.480 e. The van der Waals surface area contributed by atoms with Gasteiger partial charge in [-0.3, -0.25) is 4.79 Å². The predicted octanol–water partition coefficient (Wildman–Crippen LogP) is -1.32. The molecule has 0 amide bonds. The van der Waals surface area contributed by atoms with Gasteiger partial charge in [0.2, 0.25) is 0 Å². The fraction of sp³-hybridized carbons (Fsp3) is 0.500. The van der Waals surface area contributed by atoms with E-state index in [1.165, 1.54) is 0 Å². The lowest BCUT2D eigenvalue weighted by molar-refractivity contribution is -0.137. The lowest BCUT2D eigenvalue weighted by Crippen LogP contribution is -2.21. The van der Waals surface area contributed by atoms with Gasteiger partial charge in [0.25, 0.3) is 0 Å². The fourth-order valence-electron chi connectivity index (χ4n) is 0.103. The summed E-state index contributed by atoms with van der Waals surface area (Å²) < 4.78 is 3.72. The lowest BCUT2D eigenvalue weighted by Gasteiger charge is -1.92. The average molecular weight is 101 g/mol. The van der Waals surface area contributed by atoms with Crippen molar-refractivity contribution < 1.29 is 14.7 Å². The highest BCUT2D eigenvalue weighted by Crippen LogP contribution is 1.55. The van der Waals surface area contributed by atoms with Gasteiger partial charge in [0.15, 0.2) is 0 Å². The highest BCUT2D eigenvalue weighted by molar-refractivity contribution is 5.97. The average Bonchev–Trinajstić information content (AvgIpc) is 1.61. The summed E-state index contributed by atoms with van der Waals surface area (Å²) in [4.78, 5) is 9.56. The normalized spacial score (nSPS) is 8.57. The Morgan fingerprint density at radius 2 is 2.57 bits per heavy atom. The number of hydroxylamine groups is 1. The molecule has 0 atom stereocenters. The summed E-state index contributed by atoms with van der Waals surface area (Å²) in [6.07, 6.45) is 0. The van der Waals surface area contributed by atoms with E-state index in [0.29, 0.717) is 0 Å². The Morgan fingerprint density at radius 1 is 2.00 bits per heavy atom. The third-order valence-electron chi connectivity index (χ3n) is 0.307. The number of aliphatic carboxylic acids is 1. The van der Waals surface area contributed by atoms with Gasteiger partial charge >= 0.3 is 14.0 Å². The molecule has 0 saturated carbocycles. The molecule has 0 rings (SSSR count). The van der Waals surface area contributed by atoms with Crippen LogP contribution in [-0.2, 0) is 9.55 Å². The Bertz CT molecular complexity index is 66.0. The minimum Gasteiger partial charge on any atom is -0.480 e. The molecule has 2 radical (unpaired) electrons. The van der Waals surface area contributed by atoms with Crippen molar-refractivity contribution in [1.29, 1.82) is 0 Å². The second-order valence-corrected chi connectivity index (χ2v) is 0.833.